The van der Waals surface area contributed by atoms with E-state index in [0.717, 1.165) is 5.56 Å². The number of aromatic hydroxyl groups is 1. The van der Waals surface area contributed by atoms with Gasteiger partial charge in [0.2, 0.25) is 12.7 Å². The van der Waals surface area contributed by atoms with E-state index in [1.54, 1.807) is 49.6 Å². The first-order chi connectivity index (χ1) is 17.1. The minimum absolute atomic E-state index is 0.0672. The topological polar surface area (TPSA) is 97.3 Å². The Morgan fingerprint density at radius 1 is 1.00 bits per heavy atom. The van der Waals surface area contributed by atoms with E-state index in [2.05, 4.69) is 5.32 Å². The summed E-state index contributed by atoms with van der Waals surface area (Å²) in [4.78, 5) is 29.1. The molecule has 0 fully saturated rings. The van der Waals surface area contributed by atoms with Gasteiger partial charge in [0.15, 0.2) is 11.5 Å². The molecule has 1 unspecified atom stereocenters. The highest BCUT2D eigenvalue weighted by Crippen LogP contribution is 2.34. The Morgan fingerprint density at radius 2 is 1.67 bits per heavy atom. The molecule has 0 saturated heterocycles. The zero-order valence-electron chi connectivity index (χ0n) is 20.8. The number of phenols is 1. The summed E-state index contributed by atoms with van der Waals surface area (Å²) in [5, 5.41) is 12.8. The van der Waals surface area contributed by atoms with Gasteiger partial charge in [0.05, 0.1) is 7.11 Å². The van der Waals surface area contributed by atoms with Crippen molar-refractivity contribution in [3.63, 3.8) is 0 Å². The van der Waals surface area contributed by atoms with Crippen LogP contribution in [0, 0.1) is 0 Å². The third kappa shape index (κ3) is 5.71. The number of carbonyl (C=O) groups is 2. The molecule has 3 aromatic carbocycles. The number of nitrogens with one attached hydrogen (secondary N) is 1. The van der Waals surface area contributed by atoms with Crippen LogP contribution < -0.4 is 19.5 Å². The molecule has 1 heterocycles. The minimum Gasteiger partial charge on any atom is -0.508 e. The molecule has 8 heteroatoms. The number of ether oxygens (including phenoxy) is 3. The van der Waals surface area contributed by atoms with Gasteiger partial charge in [0, 0.05) is 17.6 Å². The third-order valence-corrected chi connectivity index (χ3v) is 5.65. The van der Waals surface area contributed by atoms with E-state index < -0.39 is 11.6 Å². The lowest BCUT2D eigenvalue weighted by Gasteiger charge is -2.34. The highest BCUT2D eigenvalue weighted by molar-refractivity contribution is 5.98. The molecule has 0 radical (unpaired) electrons. The second kappa shape index (κ2) is 10.2. The summed E-state index contributed by atoms with van der Waals surface area (Å²) in [7, 11) is 1.56. The Morgan fingerprint density at radius 3 is 2.31 bits per heavy atom. The van der Waals surface area contributed by atoms with Crippen molar-refractivity contribution in [2.24, 2.45) is 0 Å². The summed E-state index contributed by atoms with van der Waals surface area (Å²) >= 11 is 0. The second-order valence-corrected chi connectivity index (χ2v) is 9.58. The van der Waals surface area contributed by atoms with Gasteiger partial charge in [-0.2, -0.15) is 0 Å². The van der Waals surface area contributed by atoms with Gasteiger partial charge < -0.3 is 29.5 Å². The lowest BCUT2D eigenvalue weighted by molar-refractivity contribution is -0.127. The maximum Gasteiger partial charge on any atom is 0.255 e. The fraction of sp³-hybridized carbons (Fsp3) is 0.286. The van der Waals surface area contributed by atoms with Gasteiger partial charge in [0.25, 0.3) is 5.91 Å². The van der Waals surface area contributed by atoms with E-state index in [4.69, 9.17) is 14.2 Å². The number of amides is 2. The average molecular weight is 491 g/mol. The molecule has 2 amide bonds. The fourth-order valence-electron chi connectivity index (χ4n) is 3.98. The molecule has 2 N–H and O–H groups in total. The van der Waals surface area contributed by atoms with E-state index in [9.17, 15) is 14.7 Å². The van der Waals surface area contributed by atoms with Crippen molar-refractivity contribution in [3.05, 3.63) is 83.4 Å². The van der Waals surface area contributed by atoms with Gasteiger partial charge in [0.1, 0.15) is 17.5 Å². The minimum atomic E-state index is -0.968. The molecule has 4 rings (SSSR count). The van der Waals surface area contributed by atoms with Crippen LogP contribution in [0.25, 0.3) is 0 Å². The number of methoxy groups -OCH3 is 1. The van der Waals surface area contributed by atoms with E-state index in [-0.39, 0.29) is 30.9 Å². The van der Waals surface area contributed by atoms with Crippen molar-refractivity contribution < 1.29 is 28.9 Å². The summed E-state index contributed by atoms with van der Waals surface area (Å²) in [6.45, 7) is 5.91. The molecule has 188 valence electrons. The zero-order valence-corrected chi connectivity index (χ0v) is 20.8. The molecule has 0 aliphatic carbocycles. The number of hydrogen-bond donors (Lipinski definition) is 2. The molecule has 1 atom stereocenters. The molecule has 0 spiro atoms. The maximum atomic E-state index is 13.9. The Kier molecular flexibility index (Phi) is 7.05. The molecule has 3 aromatic rings. The normalized spacial score (nSPS) is 13.1. The van der Waals surface area contributed by atoms with Gasteiger partial charge in [-0.25, -0.2) is 0 Å². The zero-order chi connectivity index (χ0) is 25.9. The Hall–Kier alpha value is -4.20. The van der Waals surface area contributed by atoms with Crippen molar-refractivity contribution in [3.8, 4) is 23.0 Å². The highest BCUT2D eigenvalue weighted by atomic mass is 16.7. The highest BCUT2D eigenvalue weighted by Gasteiger charge is 2.34. The number of phenolic OH excluding ortho intramolecular Hbond substituents is 1. The van der Waals surface area contributed by atoms with Crippen molar-refractivity contribution in [1.82, 2.24) is 10.2 Å². The standard InChI is InChI=1S/C28H30N2O6/c1-28(2,3)29-26(32)25(19-6-10-21(31)11-7-19)30(27(33)20-8-12-22(34-4)13-9-20)16-18-5-14-23-24(15-18)36-17-35-23/h5-15,25,31H,16-17H2,1-4H3,(H,29,32). The largest absolute Gasteiger partial charge is 0.508 e. The molecule has 1 aliphatic heterocycles. The van der Waals surface area contributed by atoms with Crippen molar-refractivity contribution in [2.75, 3.05) is 13.9 Å². The number of carbonyl (C=O) groups excluding carboxylic acids is 2. The number of nitrogens with zero attached hydrogens (tertiary/aromatic N) is 1. The molecule has 1 aliphatic rings. The lowest BCUT2D eigenvalue weighted by atomic mass is 9.99. The molecular weight excluding hydrogens is 460 g/mol. The summed E-state index contributed by atoms with van der Waals surface area (Å²) in [6, 6.07) is 17.5. The smallest absolute Gasteiger partial charge is 0.255 e. The monoisotopic (exact) mass is 490 g/mol. The summed E-state index contributed by atoms with van der Waals surface area (Å²) in [6.07, 6.45) is 0. The van der Waals surface area contributed by atoms with E-state index in [0.29, 0.717) is 28.4 Å². The molecule has 0 aromatic heterocycles. The van der Waals surface area contributed by atoms with Gasteiger partial charge in [-0.3, -0.25) is 9.59 Å². The third-order valence-electron chi connectivity index (χ3n) is 5.65. The van der Waals surface area contributed by atoms with Crippen LogP contribution in [0.2, 0.25) is 0 Å². The summed E-state index contributed by atoms with van der Waals surface area (Å²) in [5.74, 6) is 1.23. The van der Waals surface area contributed by atoms with Crippen molar-refractivity contribution in [1.29, 1.82) is 0 Å². The molecule has 0 saturated carbocycles. The van der Waals surface area contributed by atoms with Crippen LogP contribution in [0.5, 0.6) is 23.0 Å². The quantitative estimate of drug-likeness (QED) is 0.509. The predicted molar refractivity (Wildman–Crippen MR) is 134 cm³/mol. The van der Waals surface area contributed by atoms with Crippen molar-refractivity contribution in [2.45, 2.75) is 38.9 Å². The second-order valence-electron chi connectivity index (χ2n) is 9.58. The Balaban J connectivity index is 1.79. The first-order valence-corrected chi connectivity index (χ1v) is 11.6. The van der Waals surface area contributed by atoms with Gasteiger partial charge in [-0.1, -0.05) is 18.2 Å². The average Bonchev–Trinajstić information content (AvgIpc) is 3.31. The number of hydrogen-bond acceptors (Lipinski definition) is 6. The van der Waals surface area contributed by atoms with Gasteiger partial charge >= 0.3 is 0 Å². The first-order valence-electron chi connectivity index (χ1n) is 11.6. The fourth-order valence-corrected chi connectivity index (χ4v) is 3.98. The Labute approximate surface area is 210 Å². The SMILES string of the molecule is COc1ccc(C(=O)N(Cc2ccc3c(c2)OCO3)C(C(=O)NC(C)(C)C)c2ccc(O)cc2)cc1. The molecular formula is C28H30N2O6. The predicted octanol–water partition coefficient (Wildman–Crippen LogP) is 4.43. The van der Waals surface area contributed by atoms with Crippen LogP contribution in [0.1, 0.15) is 48.3 Å². The number of fused-ring (bicyclic) bond motifs is 1. The first kappa shape index (κ1) is 24.9. The van der Waals surface area contributed by atoms with Crippen LogP contribution >= 0.6 is 0 Å². The van der Waals surface area contributed by atoms with Crippen LogP contribution in [-0.2, 0) is 11.3 Å². The summed E-state index contributed by atoms with van der Waals surface area (Å²) in [5.41, 5.74) is 1.22. The van der Waals surface area contributed by atoms with Gasteiger partial charge in [-0.15, -0.1) is 0 Å². The van der Waals surface area contributed by atoms with E-state index in [1.165, 1.54) is 17.0 Å². The summed E-state index contributed by atoms with van der Waals surface area (Å²) < 4.78 is 16.2. The number of benzene rings is 3. The van der Waals surface area contributed by atoms with E-state index in [1.807, 2.05) is 32.9 Å². The lowest BCUT2D eigenvalue weighted by Crippen LogP contribution is -2.49. The molecule has 0 bridgehead atoms. The Bertz CT molecular complexity index is 1230. The number of rotatable bonds is 7. The van der Waals surface area contributed by atoms with Crippen LogP contribution in [0.15, 0.2) is 66.7 Å². The van der Waals surface area contributed by atoms with E-state index >= 15 is 0 Å². The maximum absolute atomic E-state index is 13.9. The molecule has 36 heavy (non-hydrogen) atoms. The molecule has 8 nitrogen and oxygen atoms in total. The van der Waals surface area contributed by atoms with Crippen molar-refractivity contribution >= 4 is 11.8 Å². The van der Waals surface area contributed by atoms with Crippen LogP contribution in [0.4, 0.5) is 0 Å². The van der Waals surface area contributed by atoms with Crippen LogP contribution in [-0.4, -0.2) is 41.3 Å². The van der Waals surface area contributed by atoms with Crippen LogP contribution in [0.3, 0.4) is 0 Å². The van der Waals surface area contributed by atoms with Gasteiger partial charge in [-0.05, 0) is 80.4 Å².